The molecule has 0 radical (unpaired) electrons. The Balaban J connectivity index is 2.19. The molecule has 1 amide bonds. The highest BCUT2D eigenvalue weighted by Crippen LogP contribution is 2.19. The second-order valence-electron chi connectivity index (χ2n) is 5.49. The fraction of sp³-hybridized carbons (Fsp3) is 0.0556. The number of aromatic nitrogens is 1. The summed E-state index contributed by atoms with van der Waals surface area (Å²) in [5, 5.41) is 1.00. The van der Waals surface area contributed by atoms with E-state index in [-0.39, 0.29) is 16.8 Å². The number of ketones is 1. The fourth-order valence-electron chi connectivity index (χ4n) is 2.52. The number of amides is 1. The van der Waals surface area contributed by atoms with Crippen LogP contribution in [0.5, 0.6) is 0 Å². The highest BCUT2D eigenvalue weighted by Gasteiger charge is 2.16. The SMILES string of the molecule is CC(=O)c1cc2cc(Cl)ccc2n(NC(=O)c2ccccc2N)c1=O. The Hall–Kier alpha value is -3.12. The zero-order valence-electron chi connectivity index (χ0n) is 13.2. The van der Waals surface area contributed by atoms with Crippen LogP contribution in [-0.2, 0) is 0 Å². The van der Waals surface area contributed by atoms with E-state index in [2.05, 4.69) is 5.43 Å². The molecule has 0 spiro atoms. The van der Waals surface area contributed by atoms with Crippen LogP contribution in [0.25, 0.3) is 10.9 Å². The molecule has 0 saturated heterocycles. The number of nitrogens with zero attached hydrogens (tertiary/aromatic N) is 1. The molecule has 0 aliphatic rings. The maximum Gasteiger partial charge on any atom is 0.280 e. The van der Waals surface area contributed by atoms with Crippen molar-refractivity contribution in [2.45, 2.75) is 6.92 Å². The van der Waals surface area contributed by atoms with Gasteiger partial charge in [0, 0.05) is 16.1 Å². The minimum Gasteiger partial charge on any atom is -0.398 e. The summed E-state index contributed by atoms with van der Waals surface area (Å²) < 4.78 is 1.04. The maximum absolute atomic E-state index is 12.6. The van der Waals surface area contributed by atoms with Crippen LogP contribution in [-0.4, -0.2) is 16.4 Å². The first-order valence-corrected chi connectivity index (χ1v) is 7.78. The molecule has 6 nitrogen and oxygen atoms in total. The summed E-state index contributed by atoms with van der Waals surface area (Å²) in [5.74, 6) is -0.966. The lowest BCUT2D eigenvalue weighted by molar-refractivity contribution is 0.0996. The molecular weight excluding hydrogens is 342 g/mol. The number of carbonyl (C=O) groups is 2. The molecule has 3 rings (SSSR count). The van der Waals surface area contributed by atoms with E-state index in [1.54, 1.807) is 42.5 Å². The zero-order chi connectivity index (χ0) is 18.1. The third kappa shape index (κ3) is 3.12. The number of nitrogen functional groups attached to an aromatic ring is 1. The van der Waals surface area contributed by atoms with Gasteiger partial charge in [-0.15, -0.1) is 0 Å². The van der Waals surface area contributed by atoms with E-state index < -0.39 is 17.2 Å². The molecule has 126 valence electrons. The first kappa shape index (κ1) is 16.7. The number of halogens is 1. The van der Waals surface area contributed by atoms with Gasteiger partial charge < -0.3 is 5.73 Å². The molecule has 25 heavy (non-hydrogen) atoms. The number of benzene rings is 2. The number of pyridine rings is 1. The Bertz CT molecular complexity index is 1070. The van der Waals surface area contributed by atoms with E-state index in [9.17, 15) is 14.4 Å². The highest BCUT2D eigenvalue weighted by molar-refractivity contribution is 6.31. The lowest BCUT2D eigenvalue weighted by Crippen LogP contribution is -2.36. The molecule has 1 aromatic heterocycles. The molecule has 0 saturated carbocycles. The van der Waals surface area contributed by atoms with Gasteiger partial charge >= 0.3 is 0 Å². The Kier molecular flexibility index (Phi) is 4.29. The third-order valence-electron chi connectivity index (χ3n) is 3.76. The second-order valence-corrected chi connectivity index (χ2v) is 5.92. The minimum absolute atomic E-state index is 0.0453. The van der Waals surface area contributed by atoms with Crippen LogP contribution < -0.4 is 16.7 Å². The topological polar surface area (TPSA) is 94.2 Å². The van der Waals surface area contributed by atoms with Gasteiger partial charge in [-0.1, -0.05) is 23.7 Å². The number of nitrogens with one attached hydrogen (secondary N) is 1. The van der Waals surface area contributed by atoms with Crippen LogP contribution in [0, 0.1) is 0 Å². The minimum atomic E-state index is -0.620. The molecule has 0 fully saturated rings. The van der Waals surface area contributed by atoms with Crippen molar-refractivity contribution in [3.05, 3.63) is 75.0 Å². The predicted molar refractivity (Wildman–Crippen MR) is 97.8 cm³/mol. The molecule has 2 aromatic carbocycles. The lowest BCUT2D eigenvalue weighted by atomic mass is 10.1. The zero-order valence-corrected chi connectivity index (χ0v) is 14.0. The lowest BCUT2D eigenvalue weighted by Gasteiger charge is -2.14. The quantitative estimate of drug-likeness (QED) is 0.558. The Labute approximate surface area is 147 Å². The number of hydrogen-bond acceptors (Lipinski definition) is 4. The van der Waals surface area contributed by atoms with Gasteiger partial charge in [-0.3, -0.25) is 19.8 Å². The Morgan fingerprint density at radius 1 is 1.08 bits per heavy atom. The van der Waals surface area contributed by atoms with Gasteiger partial charge in [0.1, 0.15) is 0 Å². The average Bonchev–Trinajstić information content (AvgIpc) is 2.57. The van der Waals surface area contributed by atoms with Gasteiger partial charge in [0.25, 0.3) is 11.5 Å². The van der Waals surface area contributed by atoms with Crippen LogP contribution in [0.15, 0.2) is 53.3 Å². The monoisotopic (exact) mass is 355 g/mol. The van der Waals surface area contributed by atoms with E-state index in [0.29, 0.717) is 15.9 Å². The second kappa shape index (κ2) is 6.41. The normalized spacial score (nSPS) is 10.6. The smallest absolute Gasteiger partial charge is 0.280 e. The molecule has 7 heteroatoms. The van der Waals surface area contributed by atoms with Crippen molar-refractivity contribution in [1.29, 1.82) is 0 Å². The fourth-order valence-corrected chi connectivity index (χ4v) is 2.70. The van der Waals surface area contributed by atoms with Gasteiger partial charge in [-0.05, 0) is 43.3 Å². The third-order valence-corrected chi connectivity index (χ3v) is 4.00. The molecule has 0 bridgehead atoms. The van der Waals surface area contributed by atoms with E-state index in [1.807, 2.05) is 0 Å². The molecular formula is C18H14ClN3O3. The van der Waals surface area contributed by atoms with Crippen molar-refractivity contribution in [2.24, 2.45) is 0 Å². The first-order chi connectivity index (χ1) is 11.9. The molecule has 0 atom stereocenters. The Morgan fingerprint density at radius 2 is 1.80 bits per heavy atom. The van der Waals surface area contributed by atoms with Gasteiger partial charge in [-0.25, -0.2) is 4.68 Å². The Morgan fingerprint density at radius 3 is 2.48 bits per heavy atom. The molecule has 0 unspecified atom stereocenters. The maximum atomic E-state index is 12.6. The van der Waals surface area contributed by atoms with Crippen LogP contribution in [0.1, 0.15) is 27.6 Å². The summed E-state index contributed by atoms with van der Waals surface area (Å²) in [6.07, 6.45) is 0. The standard InChI is InChI=1S/C18H14ClN3O3/c1-10(23)14-9-11-8-12(19)6-7-16(11)22(18(14)25)21-17(24)13-4-2-3-5-15(13)20/h2-9H,20H2,1H3,(H,21,24). The van der Waals surface area contributed by atoms with Crippen molar-refractivity contribution < 1.29 is 9.59 Å². The van der Waals surface area contributed by atoms with Crippen molar-refractivity contribution in [1.82, 2.24) is 4.68 Å². The molecule has 3 N–H and O–H groups in total. The number of hydrogen-bond donors (Lipinski definition) is 2. The summed E-state index contributed by atoms with van der Waals surface area (Å²) in [7, 11) is 0. The summed E-state index contributed by atoms with van der Waals surface area (Å²) in [6.45, 7) is 1.29. The van der Waals surface area contributed by atoms with Crippen LogP contribution >= 0.6 is 11.6 Å². The van der Waals surface area contributed by atoms with Crippen molar-refractivity contribution in [3.63, 3.8) is 0 Å². The van der Waals surface area contributed by atoms with Crippen LogP contribution in [0.3, 0.4) is 0 Å². The number of anilines is 1. The predicted octanol–water partition coefficient (Wildman–Crippen LogP) is 2.82. The van der Waals surface area contributed by atoms with Gasteiger partial charge in [0.15, 0.2) is 5.78 Å². The van der Waals surface area contributed by atoms with Gasteiger partial charge in [0.05, 0.1) is 16.6 Å². The van der Waals surface area contributed by atoms with E-state index >= 15 is 0 Å². The van der Waals surface area contributed by atoms with Crippen LogP contribution in [0.2, 0.25) is 5.02 Å². The number of carbonyl (C=O) groups excluding carboxylic acids is 2. The van der Waals surface area contributed by atoms with Crippen molar-refractivity contribution >= 4 is 39.9 Å². The summed E-state index contributed by atoms with van der Waals surface area (Å²) in [6, 6.07) is 12.8. The summed E-state index contributed by atoms with van der Waals surface area (Å²) >= 11 is 5.99. The first-order valence-electron chi connectivity index (χ1n) is 7.40. The number of para-hydroxylation sites is 1. The molecule has 3 aromatic rings. The number of nitrogens with two attached hydrogens (primary N) is 1. The van der Waals surface area contributed by atoms with Gasteiger partial charge in [0.2, 0.25) is 0 Å². The highest BCUT2D eigenvalue weighted by atomic mass is 35.5. The summed E-state index contributed by atoms with van der Waals surface area (Å²) in [5.41, 5.74) is 8.58. The van der Waals surface area contributed by atoms with E-state index in [1.165, 1.54) is 13.0 Å². The largest absolute Gasteiger partial charge is 0.398 e. The number of rotatable bonds is 3. The average molecular weight is 356 g/mol. The molecule has 0 aliphatic carbocycles. The number of fused-ring (bicyclic) bond motifs is 1. The van der Waals surface area contributed by atoms with Crippen LogP contribution in [0.4, 0.5) is 5.69 Å². The van der Waals surface area contributed by atoms with E-state index in [4.69, 9.17) is 17.3 Å². The summed E-state index contributed by atoms with van der Waals surface area (Å²) in [4.78, 5) is 36.9. The van der Waals surface area contributed by atoms with Crippen molar-refractivity contribution in [2.75, 3.05) is 11.2 Å². The number of Topliss-reactive ketones (excluding diaryl/α,β-unsaturated/α-hetero) is 1. The van der Waals surface area contributed by atoms with E-state index in [0.717, 1.165) is 4.68 Å². The molecule has 0 aliphatic heterocycles. The van der Waals surface area contributed by atoms with Gasteiger partial charge in [-0.2, -0.15) is 0 Å². The molecule has 1 heterocycles. The van der Waals surface area contributed by atoms with Crippen molar-refractivity contribution in [3.8, 4) is 0 Å².